The van der Waals surface area contributed by atoms with Crippen molar-refractivity contribution < 1.29 is 14.3 Å². The number of fused-ring (bicyclic) bond motifs is 2. The molecule has 6 heteroatoms. The molecule has 2 aromatic carbocycles. The lowest BCUT2D eigenvalue weighted by Gasteiger charge is -2.36. The predicted octanol–water partition coefficient (Wildman–Crippen LogP) is 3.28. The number of methoxy groups -OCH3 is 1. The van der Waals surface area contributed by atoms with Gasteiger partial charge in [0.05, 0.1) is 5.56 Å². The van der Waals surface area contributed by atoms with Crippen molar-refractivity contribution in [2.75, 3.05) is 39.9 Å². The van der Waals surface area contributed by atoms with Gasteiger partial charge in [-0.2, -0.15) is 0 Å². The van der Waals surface area contributed by atoms with Gasteiger partial charge in [0.2, 0.25) is 5.91 Å². The molecule has 1 saturated heterocycles. The fourth-order valence-corrected chi connectivity index (χ4v) is 3.62. The van der Waals surface area contributed by atoms with Crippen LogP contribution in [-0.4, -0.2) is 61.4 Å². The van der Waals surface area contributed by atoms with E-state index in [1.54, 1.807) is 7.11 Å². The van der Waals surface area contributed by atoms with E-state index in [1.165, 1.54) is 0 Å². The number of hydrogen-bond acceptors (Lipinski definition) is 5. The smallest absolute Gasteiger partial charge is 0.248 e. The summed E-state index contributed by atoms with van der Waals surface area (Å²) in [6.07, 6.45) is 0. The van der Waals surface area contributed by atoms with E-state index in [0.717, 1.165) is 52.8 Å². The molecular weight excluding hydrogens is 354 g/mol. The highest BCUT2D eigenvalue weighted by Gasteiger charge is 2.27. The molecule has 4 rings (SSSR count). The molecule has 2 heterocycles. The topological polar surface area (TPSA) is 54.4 Å². The van der Waals surface area contributed by atoms with Gasteiger partial charge in [-0.05, 0) is 43.7 Å². The zero-order chi connectivity index (χ0) is 19.7. The molecule has 6 nitrogen and oxygen atoms in total. The fraction of sp³-hybridized carbons (Fsp3) is 0.364. The number of aliphatic imine (C=N–C) groups is 1. The number of aryl methyl sites for hydroxylation is 2. The normalized spacial score (nSPS) is 15.9. The van der Waals surface area contributed by atoms with Crippen LogP contribution in [0.2, 0.25) is 0 Å². The molecule has 146 valence electrons. The molecule has 0 spiro atoms. The van der Waals surface area contributed by atoms with Crippen LogP contribution < -0.4 is 4.74 Å². The number of benzene rings is 2. The Morgan fingerprint density at radius 1 is 1.04 bits per heavy atom. The Hall–Kier alpha value is -2.86. The van der Waals surface area contributed by atoms with Crippen LogP contribution in [0.4, 0.5) is 5.69 Å². The molecule has 0 unspecified atom stereocenters. The maximum Gasteiger partial charge on any atom is 0.248 e. The van der Waals surface area contributed by atoms with E-state index in [0.29, 0.717) is 13.1 Å². The summed E-state index contributed by atoms with van der Waals surface area (Å²) in [5.74, 6) is 2.52. The SMILES string of the molecule is COCC(=O)N1CCN(C2=Nc3ccc(C)cc3Oc3ccc(C)cc32)CC1. The summed E-state index contributed by atoms with van der Waals surface area (Å²) in [7, 11) is 1.55. The molecule has 28 heavy (non-hydrogen) atoms. The number of piperazine rings is 1. The summed E-state index contributed by atoms with van der Waals surface area (Å²) in [6, 6.07) is 12.3. The van der Waals surface area contributed by atoms with Crippen LogP contribution in [0, 0.1) is 13.8 Å². The van der Waals surface area contributed by atoms with Crippen LogP contribution in [0.1, 0.15) is 16.7 Å². The third-order valence-electron chi connectivity index (χ3n) is 5.14. The number of ether oxygens (including phenoxy) is 2. The summed E-state index contributed by atoms with van der Waals surface area (Å²) in [4.78, 5) is 21.2. The first-order chi connectivity index (χ1) is 13.5. The predicted molar refractivity (Wildman–Crippen MR) is 109 cm³/mol. The molecule has 1 amide bonds. The zero-order valence-corrected chi connectivity index (χ0v) is 16.6. The average Bonchev–Trinajstić information content (AvgIpc) is 2.84. The largest absolute Gasteiger partial charge is 0.454 e. The lowest BCUT2D eigenvalue weighted by molar-refractivity contribution is -0.136. The van der Waals surface area contributed by atoms with Crippen molar-refractivity contribution in [2.45, 2.75) is 13.8 Å². The van der Waals surface area contributed by atoms with Crippen LogP contribution >= 0.6 is 0 Å². The standard InChI is InChI=1S/C22H25N3O3/c1-15-5-7-19-17(12-15)22(23-18-6-4-16(2)13-20(18)28-19)25-10-8-24(9-11-25)21(26)14-27-3/h4-7,12-13H,8-11,14H2,1-3H3. The van der Waals surface area contributed by atoms with E-state index in [9.17, 15) is 4.79 Å². The van der Waals surface area contributed by atoms with E-state index in [1.807, 2.05) is 36.1 Å². The van der Waals surface area contributed by atoms with E-state index >= 15 is 0 Å². The number of nitrogens with zero attached hydrogens (tertiary/aromatic N) is 3. The second-order valence-corrected chi connectivity index (χ2v) is 7.31. The zero-order valence-electron chi connectivity index (χ0n) is 16.6. The first kappa shape index (κ1) is 18.5. The number of rotatable bonds is 2. The van der Waals surface area contributed by atoms with Crippen molar-refractivity contribution in [3.05, 3.63) is 53.1 Å². The van der Waals surface area contributed by atoms with Crippen molar-refractivity contribution in [2.24, 2.45) is 4.99 Å². The molecule has 2 aliphatic heterocycles. The Morgan fingerprint density at radius 3 is 2.50 bits per heavy atom. The van der Waals surface area contributed by atoms with Crippen molar-refractivity contribution >= 4 is 17.4 Å². The number of amides is 1. The van der Waals surface area contributed by atoms with Crippen LogP contribution in [0.3, 0.4) is 0 Å². The Kier molecular flexibility index (Phi) is 5.05. The summed E-state index contributed by atoms with van der Waals surface area (Å²) in [6.45, 7) is 7.01. The maximum atomic E-state index is 12.1. The van der Waals surface area contributed by atoms with Gasteiger partial charge in [-0.25, -0.2) is 4.99 Å². The number of carbonyl (C=O) groups excluding carboxylic acids is 1. The van der Waals surface area contributed by atoms with Crippen molar-refractivity contribution in [1.82, 2.24) is 9.80 Å². The second kappa shape index (κ2) is 7.64. The Bertz CT molecular complexity index is 931. The highest BCUT2D eigenvalue weighted by Crippen LogP contribution is 2.39. The van der Waals surface area contributed by atoms with Crippen LogP contribution in [0.25, 0.3) is 0 Å². The van der Waals surface area contributed by atoms with Gasteiger partial charge in [-0.1, -0.05) is 17.7 Å². The van der Waals surface area contributed by atoms with Crippen molar-refractivity contribution in [3.63, 3.8) is 0 Å². The van der Waals surface area contributed by atoms with Gasteiger partial charge >= 0.3 is 0 Å². The van der Waals surface area contributed by atoms with Crippen LogP contribution in [0.5, 0.6) is 11.5 Å². The minimum Gasteiger partial charge on any atom is -0.454 e. The minimum absolute atomic E-state index is 0.0327. The lowest BCUT2D eigenvalue weighted by atomic mass is 10.1. The summed E-state index contributed by atoms with van der Waals surface area (Å²) in [5, 5.41) is 0. The number of hydrogen-bond donors (Lipinski definition) is 0. The Balaban J connectivity index is 1.68. The van der Waals surface area contributed by atoms with Gasteiger partial charge in [-0.15, -0.1) is 0 Å². The van der Waals surface area contributed by atoms with Gasteiger partial charge in [0.25, 0.3) is 0 Å². The molecule has 0 aromatic heterocycles. The van der Waals surface area contributed by atoms with Crippen LogP contribution in [0.15, 0.2) is 41.4 Å². The summed E-state index contributed by atoms with van der Waals surface area (Å²) < 4.78 is 11.2. The fourth-order valence-electron chi connectivity index (χ4n) is 3.62. The molecule has 0 aliphatic carbocycles. The highest BCUT2D eigenvalue weighted by atomic mass is 16.5. The minimum atomic E-state index is 0.0327. The molecule has 0 bridgehead atoms. The average molecular weight is 379 g/mol. The van der Waals surface area contributed by atoms with E-state index in [-0.39, 0.29) is 12.5 Å². The van der Waals surface area contributed by atoms with Gasteiger partial charge < -0.3 is 19.3 Å². The molecule has 0 atom stereocenters. The van der Waals surface area contributed by atoms with Gasteiger partial charge in [0, 0.05) is 33.3 Å². The van der Waals surface area contributed by atoms with Crippen molar-refractivity contribution in [1.29, 1.82) is 0 Å². The van der Waals surface area contributed by atoms with E-state index < -0.39 is 0 Å². The molecular formula is C22H25N3O3. The molecule has 0 radical (unpaired) electrons. The van der Waals surface area contributed by atoms with Gasteiger partial charge in [0.15, 0.2) is 5.75 Å². The third kappa shape index (κ3) is 3.60. The molecule has 0 saturated carbocycles. The first-order valence-corrected chi connectivity index (χ1v) is 9.55. The quantitative estimate of drug-likeness (QED) is 0.804. The Labute approximate surface area is 165 Å². The van der Waals surface area contributed by atoms with Gasteiger partial charge in [0.1, 0.15) is 23.9 Å². The van der Waals surface area contributed by atoms with Gasteiger partial charge in [-0.3, -0.25) is 4.79 Å². The monoisotopic (exact) mass is 379 g/mol. The molecule has 2 aliphatic rings. The summed E-state index contributed by atoms with van der Waals surface area (Å²) in [5.41, 5.74) is 4.11. The van der Waals surface area contributed by atoms with E-state index in [2.05, 4.69) is 24.0 Å². The maximum absolute atomic E-state index is 12.1. The molecule has 1 fully saturated rings. The third-order valence-corrected chi connectivity index (χ3v) is 5.14. The van der Waals surface area contributed by atoms with Crippen LogP contribution in [-0.2, 0) is 9.53 Å². The number of carbonyl (C=O) groups is 1. The molecule has 0 N–H and O–H groups in total. The number of amidine groups is 1. The highest BCUT2D eigenvalue weighted by molar-refractivity contribution is 6.04. The van der Waals surface area contributed by atoms with E-state index in [4.69, 9.17) is 14.5 Å². The van der Waals surface area contributed by atoms with Crippen molar-refractivity contribution in [3.8, 4) is 11.5 Å². The first-order valence-electron chi connectivity index (χ1n) is 9.55. The molecule has 2 aromatic rings. The Morgan fingerprint density at radius 2 is 1.75 bits per heavy atom. The lowest BCUT2D eigenvalue weighted by Crippen LogP contribution is -2.51. The second-order valence-electron chi connectivity index (χ2n) is 7.31. The summed E-state index contributed by atoms with van der Waals surface area (Å²) >= 11 is 0.